The minimum atomic E-state index is 0.699. The van der Waals surface area contributed by atoms with Crippen LogP contribution in [0.5, 0.6) is 0 Å². The van der Waals surface area contributed by atoms with Gasteiger partial charge in [0.15, 0.2) is 0 Å². The molecule has 0 saturated heterocycles. The number of nitrogens with one attached hydrogen (secondary N) is 1. The van der Waals surface area contributed by atoms with Crippen LogP contribution >= 0.6 is 0 Å². The van der Waals surface area contributed by atoms with E-state index in [1.165, 1.54) is 25.7 Å². The largest absolute Gasteiger partial charge is 0.468 e. The zero-order chi connectivity index (χ0) is 14.4. The van der Waals surface area contributed by atoms with Crippen molar-refractivity contribution in [1.82, 2.24) is 10.2 Å². The first-order valence-electron chi connectivity index (χ1n) is 8.13. The second-order valence-electron chi connectivity index (χ2n) is 6.52. The molecule has 1 aromatic rings. The van der Waals surface area contributed by atoms with Crippen LogP contribution in [0.2, 0.25) is 0 Å². The molecule has 0 aliphatic heterocycles. The fraction of sp³-hybridized carbons (Fsp3) is 0.765. The van der Waals surface area contributed by atoms with Crippen LogP contribution in [0.3, 0.4) is 0 Å². The first kappa shape index (κ1) is 15.6. The van der Waals surface area contributed by atoms with Gasteiger partial charge in [-0.15, -0.1) is 0 Å². The first-order valence-corrected chi connectivity index (χ1v) is 8.13. The third-order valence-corrected chi connectivity index (χ3v) is 4.45. The SMILES string of the molecule is CCCNC1CCC(C)CC1CN(C)Cc1ccco1. The van der Waals surface area contributed by atoms with Gasteiger partial charge in [-0.05, 0) is 63.2 Å². The second kappa shape index (κ2) is 7.84. The Hall–Kier alpha value is -0.800. The highest BCUT2D eigenvalue weighted by Gasteiger charge is 2.28. The zero-order valence-electron chi connectivity index (χ0n) is 13.3. The van der Waals surface area contributed by atoms with Gasteiger partial charge in [-0.3, -0.25) is 4.90 Å². The van der Waals surface area contributed by atoms with Crippen LogP contribution in [0.1, 0.15) is 45.3 Å². The minimum Gasteiger partial charge on any atom is -0.468 e. The highest BCUT2D eigenvalue weighted by Crippen LogP contribution is 2.29. The van der Waals surface area contributed by atoms with E-state index in [9.17, 15) is 0 Å². The van der Waals surface area contributed by atoms with Crippen LogP contribution in [0.4, 0.5) is 0 Å². The van der Waals surface area contributed by atoms with Gasteiger partial charge in [0.2, 0.25) is 0 Å². The summed E-state index contributed by atoms with van der Waals surface area (Å²) in [6.07, 6.45) is 7.04. The molecule has 1 aromatic heterocycles. The zero-order valence-corrected chi connectivity index (χ0v) is 13.3. The molecule has 114 valence electrons. The molecule has 1 fully saturated rings. The molecule has 1 heterocycles. The van der Waals surface area contributed by atoms with Gasteiger partial charge >= 0.3 is 0 Å². The summed E-state index contributed by atoms with van der Waals surface area (Å²) >= 11 is 0. The molecule has 0 bridgehead atoms. The highest BCUT2D eigenvalue weighted by atomic mass is 16.3. The van der Waals surface area contributed by atoms with Crippen molar-refractivity contribution in [2.45, 2.75) is 52.1 Å². The van der Waals surface area contributed by atoms with Crippen molar-refractivity contribution in [3.63, 3.8) is 0 Å². The number of hydrogen-bond acceptors (Lipinski definition) is 3. The summed E-state index contributed by atoms with van der Waals surface area (Å²) in [5, 5.41) is 3.76. The molecule has 1 aliphatic rings. The molecule has 3 heteroatoms. The Morgan fingerprint density at radius 3 is 2.95 bits per heavy atom. The summed E-state index contributed by atoms with van der Waals surface area (Å²) < 4.78 is 5.45. The van der Waals surface area contributed by atoms with E-state index < -0.39 is 0 Å². The average Bonchev–Trinajstić information content (AvgIpc) is 2.90. The Balaban J connectivity index is 1.85. The smallest absolute Gasteiger partial charge is 0.117 e. The fourth-order valence-corrected chi connectivity index (χ4v) is 3.43. The summed E-state index contributed by atoms with van der Waals surface area (Å²) in [5.41, 5.74) is 0. The Bertz CT molecular complexity index is 361. The minimum absolute atomic E-state index is 0.699. The first-order chi connectivity index (χ1) is 9.69. The maximum Gasteiger partial charge on any atom is 0.117 e. The van der Waals surface area contributed by atoms with Crippen molar-refractivity contribution in [3.8, 4) is 0 Å². The van der Waals surface area contributed by atoms with E-state index in [0.29, 0.717) is 6.04 Å². The van der Waals surface area contributed by atoms with Gasteiger partial charge in [0.25, 0.3) is 0 Å². The van der Waals surface area contributed by atoms with Crippen molar-refractivity contribution in [3.05, 3.63) is 24.2 Å². The number of furan rings is 1. The molecule has 0 radical (unpaired) electrons. The Morgan fingerprint density at radius 2 is 2.25 bits per heavy atom. The number of hydrogen-bond donors (Lipinski definition) is 1. The Kier molecular flexibility index (Phi) is 6.11. The van der Waals surface area contributed by atoms with Crippen molar-refractivity contribution >= 4 is 0 Å². The maximum absolute atomic E-state index is 5.45. The predicted molar refractivity (Wildman–Crippen MR) is 83.6 cm³/mol. The fourth-order valence-electron chi connectivity index (χ4n) is 3.43. The molecule has 1 aliphatic carbocycles. The summed E-state index contributed by atoms with van der Waals surface area (Å²) in [6, 6.07) is 4.73. The van der Waals surface area contributed by atoms with Crippen LogP contribution < -0.4 is 5.32 Å². The van der Waals surface area contributed by atoms with E-state index >= 15 is 0 Å². The number of nitrogens with zero attached hydrogens (tertiary/aromatic N) is 1. The Labute approximate surface area is 123 Å². The maximum atomic E-state index is 5.45. The lowest BCUT2D eigenvalue weighted by atomic mass is 9.78. The molecule has 1 saturated carbocycles. The molecule has 0 spiro atoms. The molecule has 3 atom stereocenters. The molecule has 0 amide bonds. The highest BCUT2D eigenvalue weighted by molar-refractivity contribution is 4.98. The topological polar surface area (TPSA) is 28.4 Å². The van der Waals surface area contributed by atoms with Gasteiger partial charge in [0.05, 0.1) is 12.8 Å². The second-order valence-corrected chi connectivity index (χ2v) is 6.52. The van der Waals surface area contributed by atoms with Gasteiger partial charge in [-0.1, -0.05) is 13.8 Å². The van der Waals surface area contributed by atoms with Crippen molar-refractivity contribution in [2.24, 2.45) is 11.8 Å². The van der Waals surface area contributed by atoms with Crippen molar-refractivity contribution in [1.29, 1.82) is 0 Å². The Morgan fingerprint density at radius 1 is 1.40 bits per heavy atom. The van der Waals surface area contributed by atoms with Crippen LogP contribution in [-0.4, -0.2) is 31.1 Å². The van der Waals surface area contributed by atoms with Crippen LogP contribution in [0, 0.1) is 11.8 Å². The van der Waals surface area contributed by atoms with Crippen LogP contribution in [0.15, 0.2) is 22.8 Å². The summed E-state index contributed by atoms with van der Waals surface area (Å²) in [4.78, 5) is 2.40. The predicted octanol–water partition coefficient (Wildman–Crippen LogP) is 3.52. The van der Waals surface area contributed by atoms with E-state index in [0.717, 1.165) is 37.2 Å². The van der Waals surface area contributed by atoms with Crippen LogP contribution in [0.25, 0.3) is 0 Å². The van der Waals surface area contributed by atoms with Crippen molar-refractivity contribution in [2.75, 3.05) is 20.1 Å². The quantitative estimate of drug-likeness (QED) is 0.827. The van der Waals surface area contributed by atoms with E-state index in [1.807, 2.05) is 6.07 Å². The molecule has 1 N–H and O–H groups in total. The van der Waals surface area contributed by atoms with E-state index in [1.54, 1.807) is 6.26 Å². The molecule has 3 nitrogen and oxygen atoms in total. The molecule has 3 unspecified atom stereocenters. The van der Waals surface area contributed by atoms with E-state index in [-0.39, 0.29) is 0 Å². The normalized spacial score (nSPS) is 27.1. The van der Waals surface area contributed by atoms with E-state index in [2.05, 4.69) is 37.2 Å². The molecule has 2 rings (SSSR count). The lowest BCUT2D eigenvalue weighted by molar-refractivity contribution is 0.152. The van der Waals surface area contributed by atoms with Gasteiger partial charge in [-0.2, -0.15) is 0 Å². The lowest BCUT2D eigenvalue weighted by Crippen LogP contribution is -2.45. The third-order valence-electron chi connectivity index (χ3n) is 4.45. The monoisotopic (exact) mass is 278 g/mol. The molecule has 0 aromatic carbocycles. The summed E-state index contributed by atoms with van der Waals surface area (Å²) in [7, 11) is 2.21. The lowest BCUT2D eigenvalue weighted by Gasteiger charge is -2.37. The van der Waals surface area contributed by atoms with Crippen molar-refractivity contribution < 1.29 is 4.42 Å². The van der Waals surface area contributed by atoms with Gasteiger partial charge < -0.3 is 9.73 Å². The number of rotatable bonds is 7. The standard InChI is InChI=1S/C17H30N2O/c1-4-9-18-17-8-7-14(2)11-15(17)12-19(3)13-16-6-5-10-20-16/h5-6,10,14-15,17-18H,4,7-9,11-13H2,1-3H3. The third kappa shape index (κ3) is 4.64. The molecule has 20 heavy (non-hydrogen) atoms. The summed E-state index contributed by atoms with van der Waals surface area (Å²) in [5.74, 6) is 2.70. The molecular formula is C17H30N2O. The van der Waals surface area contributed by atoms with Crippen LogP contribution in [-0.2, 0) is 6.54 Å². The van der Waals surface area contributed by atoms with Gasteiger partial charge in [0, 0.05) is 12.6 Å². The van der Waals surface area contributed by atoms with E-state index in [4.69, 9.17) is 4.42 Å². The van der Waals surface area contributed by atoms with Gasteiger partial charge in [-0.25, -0.2) is 0 Å². The van der Waals surface area contributed by atoms with Gasteiger partial charge in [0.1, 0.15) is 5.76 Å². The molecular weight excluding hydrogens is 248 g/mol. The summed E-state index contributed by atoms with van der Waals surface area (Å²) in [6.45, 7) is 7.87. The average molecular weight is 278 g/mol.